The molecule has 24 heavy (non-hydrogen) atoms. The molecule has 0 unspecified atom stereocenters. The third kappa shape index (κ3) is 5.30. The van der Waals surface area contributed by atoms with Gasteiger partial charge in [-0.1, -0.05) is 48.6 Å². The normalized spacial score (nSPS) is 9.71. The molecule has 6 N–H and O–H groups in total. The van der Waals surface area contributed by atoms with Crippen LogP contribution in [0.5, 0.6) is 5.75 Å². The standard InChI is InChI=1S/C17H18N4O.2ClH/c1-22-15-10-14(17(20)21)9-8-12(15)5-2-11-3-6-13(7-4-11)16(18)19;;/h2-10H,1H3,(H3,18,19)(H3,20,21);2*1H/b5-2-;;. The smallest absolute Gasteiger partial charge is 0.126 e. The molecule has 0 aliphatic heterocycles. The lowest BCUT2D eigenvalue weighted by molar-refractivity contribution is 0.414. The second-order valence-corrected chi connectivity index (χ2v) is 4.74. The van der Waals surface area contributed by atoms with Gasteiger partial charge in [0.25, 0.3) is 0 Å². The fourth-order valence-electron chi connectivity index (χ4n) is 1.98. The van der Waals surface area contributed by atoms with Gasteiger partial charge >= 0.3 is 0 Å². The van der Waals surface area contributed by atoms with Crippen LogP contribution in [-0.4, -0.2) is 18.8 Å². The number of hydrogen-bond donors (Lipinski definition) is 4. The van der Waals surface area contributed by atoms with Crippen molar-refractivity contribution in [3.05, 3.63) is 64.7 Å². The number of ether oxygens (including phenoxy) is 1. The van der Waals surface area contributed by atoms with E-state index in [-0.39, 0.29) is 36.5 Å². The van der Waals surface area contributed by atoms with E-state index in [0.717, 1.165) is 11.1 Å². The van der Waals surface area contributed by atoms with E-state index in [1.54, 1.807) is 31.4 Å². The number of hydrogen-bond acceptors (Lipinski definition) is 3. The first-order valence-corrected chi connectivity index (χ1v) is 6.66. The Hall–Kier alpha value is -2.50. The number of methoxy groups -OCH3 is 1. The molecule has 0 spiro atoms. The minimum atomic E-state index is 0. The average Bonchev–Trinajstić information content (AvgIpc) is 2.52. The molecule has 0 heterocycles. The number of amidine groups is 2. The largest absolute Gasteiger partial charge is 0.496 e. The molecule has 2 rings (SSSR count). The van der Waals surface area contributed by atoms with Gasteiger partial charge in [0.15, 0.2) is 0 Å². The van der Waals surface area contributed by atoms with Crippen molar-refractivity contribution in [2.24, 2.45) is 11.5 Å². The van der Waals surface area contributed by atoms with Crippen molar-refractivity contribution in [1.29, 1.82) is 10.8 Å². The van der Waals surface area contributed by atoms with Gasteiger partial charge in [0.05, 0.1) is 7.11 Å². The van der Waals surface area contributed by atoms with Crippen molar-refractivity contribution in [3.8, 4) is 5.75 Å². The summed E-state index contributed by atoms with van der Waals surface area (Å²) in [6, 6.07) is 12.8. The molecule has 0 aliphatic rings. The SMILES string of the molecule is COc1cc(C(=N)N)ccc1/C=C\c1ccc(C(=N)N)cc1.Cl.Cl. The maximum Gasteiger partial charge on any atom is 0.126 e. The molecule has 2 aromatic rings. The summed E-state index contributed by atoms with van der Waals surface area (Å²) < 4.78 is 5.33. The lowest BCUT2D eigenvalue weighted by atomic mass is 10.1. The zero-order valence-electron chi connectivity index (χ0n) is 13.1. The molecule has 0 saturated carbocycles. The van der Waals surface area contributed by atoms with Crippen molar-refractivity contribution in [3.63, 3.8) is 0 Å². The Bertz CT molecular complexity index is 743. The Morgan fingerprint density at radius 2 is 1.42 bits per heavy atom. The van der Waals surface area contributed by atoms with Crippen LogP contribution in [0.15, 0.2) is 42.5 Å². The summed E-state index contributed by atoms with van der Waals surface area (Å²) in [6.45, 7) is 0. The van der Waals surface area contributed by atoms with Crippen LogP contribution in [0.25, 0.3) is 12.2 Å². The number of nitrogens with one attached hydrogen (secondary N) is 2. The van der Waals surface area contributed by atoms with E-state index in [0.29, 0.717) is 16.9 Å². The zero-order valence-corrected chi connectivity index (χ0v) is 14.7. The van der Waals surface area contributed by atoms with Crippen LogP contribution in [0.2, 0.25) is 0 Å². The van der Waals surface area contributed by atoms with Crippen LogP contribution in [0, 0.1) is 10.8 Å². The Morgan fingerprint density at radius 1 is 0.875 bits per heavy atom. The summed E-state index contributed by atoms with van der Waals surface area (Å²) in [4.78, 5) is 0. The van der Waals surface area contributed by atoms with E-state index in [1.807, 2.05) is 30.4 Å². The Kier molecular flexibility index (Phi) is 8.60. The van der Waals surface area contributed by atoms with E-state index in [1.165, 1.54) is 0 Å². The van der Waals surface area contributed by atoms with Gasteiger partial charge < -0.3 is 16.2 Å². The Balaban J connectivity index is 0.00000264. The average molecular weight is 367 g/mol. The van der Waals surface area contributed by atoms with Gasteiger partial charge in [-0.25, -0.2) is 0 Å². The molecule has 5 nitrogen and oxygen atoms in total. The molecule has 0 atom stereocenters. The van der Waals surface area contributed by atoms with Gasteiger partial charge in [0.2, 0.25) is 0 Å². The molecule has 0 saturated heterocycles. The molecule has 0 amide bonds. The molecule has 0 radical (unpaired) electrons. The van der Waals surface area contributed by atoms with E-state index in [4.69, 9.17) is 27.0 Å². The Morgan fingerprint density at radius 3 is 1.92 bits per heavy atom. The topological polar surface area (TPSA) is 109 Å². The lowest BCUT2D eigenvalue weighted by Crippen LogP contribution is -2.11. The lowest BCUT2D eigenvalue weighted by Gasteiger charge is -2.07. The molecular formula is C17H20Cl2N4O. The highest BCUT2D eigenvalue weighted by Gasteiger charge is 2.04. The van der Waals surface area contributed by atoms with Gasteiger partial charge in [-0.05, 0) is 11.6 Å². The molecule has 0 aromatic heterocycles. The third-order valence-corrected chi connectivity index (χ3v) is 3.22. The van der Waals surface area contributed by atoms with Crippen LogP contribution in [-0.2, 0) is 0 Å². The van der Waals surface area contributed by atoms with Crippen molar-refractivity contribution < 1.29 is 4.74 Å². The van der Waals surface area contributed by atoms with E-state index >= 15 is 0 Å². The number of halogens is 2. The van der Waals surface area contributed by atoms with Gasteiger partial charge in [0, 0.05) is 16.7 Å². The van der Waals surface area contributed by atoms with Crippen molar-refractivity contribution in [1.82, 2.24) is 0 Å². The van der Waals surface area contributed by atoms with Crippen LogP contribution in [0.3, 0.4) is 0 Å². The highest BCUT2D eigenvalue weighted by molar-refractivity contribution is 5.96. The van der Waals surface area contributed by atoms with E-state index in [9.17, 15) is 0 Å². The van der Waals surface area contributed by atoms with Crippen LogP contribution in [0.1, 0.15) is 22.3 Å². The van der Waals surface area contributed by atoms with Gasteiger partial charge in [-0.2, -0.15) is 0 Å². The minimum Gasteiger partial charge on any atom is -0.496 e. The minimum absolute atomic E-state index is 0. The Labute approximate surface area is 153 Å². The second-order valence-electron chi connectivity index (χ2n) is 4.74. The highest BCUT2D eigenvalue weighted by atomic mass is 35.5. The number of nitrogen functional groups attached to an aromatic ring is 2. The van der Waals surface area contributed by atoms with Crippen molar-refractivity contribution in [2.75, 3.05) is 7.11 Å². The fraction of sp³-hybridized carbons (Fsp3) is 0.0588. The quantitative estimate of drug-likeness (QED) is 0.370. The maximum atomic E-state index is 7.45. The summed E-state index contributed by atoms with van der Waals surface area (Å²) in [5.41, 5.74) is 14.1. The van der Waals surface area contributed by atoms with Gasteiger partial charge in [0.1, 0.15) is 17.4 Å². The van der Waals surface area contributed by atoms with Crippen LogP contribution in [0.4, 0.5) is 0 Å². The predicted molar refractivity (Wildman–Crippen MR) is 105 cm³/mol. The number of nitrogens with two attached hydrogens (primary N) is 2. The summed E-state index contributed by atoms with van der Waals surface area (Å²) in [5, 5.41) is 14.8. The second kappa shape index (κ2) is 9.60. The maximum absolute atomic E-state index is 7.45. The molecular weight excluding hydrogens is 347 g/mol. The molecule has 0 bridgehead atoms. The molecule has 0 aliphatic carbocycles. The summed E-state index contributed by atoms with van der Waals surface area (Å²) in [7, 11) is 1.58. The first-order valence-electron chi connectivity index (χ1n) is 6.66. The number of benzene rings is 2. The summed E-state index contributed by atoms with van der Waals surface area (Å²) >= 11 is 0. The fourth-order valence-corrected chi connectivity index (χ4v) is 1.98. The zero-order chi connectivity index (χ0) is 16.1. The molecule has 128 valence electrons. The first-order chi connectivity index (χ1) is 10.5. The monoisotopic (exact) mass is 366 g/mol. The third-order valence-electron chi connectivity index (χ3n) is 3.22. The van der Waals surface area contributed by atoms with Gasteiger partial charge in [-0.15, -0.1) is 24.8 Å². The molecule has 0 fully saturated rings. The summed E-state index contributed by atoms with van der Waals surface area (Å²) in [5.74, 6) is 0.718. The predicted octanol–water partition coefficient (Wildman–Crippen LogP) is 3.28. The van der Waals surface area contributed by atoms with Crippen molar-refractivity contribution >= 4 is 48.6 Å². The van der Waals surface area contributed by atoms with E-state index < -0.39 is 0 Å². The van der Waals surface area contributed by atoms with E-state index in [2.05, 4.69) is 0 Å². The molecule has 2 aromatic carbocycles. The molecule has 7 heteroatoms. The van der Waals surface area contributed by atoms with Crippen molar-refractivity contribution in [2.45, 2.75) is 0 Å². The number of rotatable bonds is 5. The highest BCUT2D eigenvalue weighted by Crippen LogP contribution is 2.22. The summed E-state index contributed by atoms with van der Waals surface area (Å²) in [6.07, 6.45) is 3.86. The van der Waals surface area contributed by atoms with Gasteiger partial charge in [-0.3, -0.25) is 10.8 Å². The van der Waals surface area contributed by atoms with Crippen LogP contribution >= 0.6 is 24.8 Å². The first kappa shape index (κ1) is 21.5. The van der Waals surface area contributed by atoms with Crippen LogP contribution < -0.4 is 16.2 Å².